The molecule has 0 bridgehead atoms. The van der Waals surface area contributed by atoms with Gasteiger partial charge in [0, 0.05) is 19.2 Å². The molecule has 3 amide bonds. The lowest BCUT2D eigenvalue weighted by Gasteiger charge is -2.08. The minimum Gasteiger partial charge on any atom is -0.347 e. The van der Waals surface area contributed by atoms with Crippen molar-refractivity contribution in [2.75, 3.05) is 5.32 Å². The van der Waals surface area contributed by atoms with Gasteiger partial charge in [0.15, 0.2) is 0 Å². The fraction of sp³-hybridized carbons (Fsp3) is 0.0952. The summed E-state index contributed by atoms with van der Waals surface area (Å²) in [6.07, 6.45) is 1.17. The molecule has 3 N–H and O–H groups in total. The predicted molar refractivity (Wildman–Crippen MR) is 107 cm³/mol. The molecule has 0 radical (unpaired) electrons. The molecule has 0 fully saturated rings. The number of urea groups is 1. The molecule has 8 nitrogen and oxygen atoms in total. The van der Waals surface area contributed by atoms with Crippen molar-refractivity contribution in [1.29, 1.82) is 5.26 Å². The van der Waals surface area contributed by atoms with E-state index >= 15 is 0 Å². The highest BCUT2D eigenvalue weighted by atomic mass is 19.1. The van der Waals surface area contributed by atoms with Gasteiger partial charge >= 0.3 is 6.03 Å². The summed E-state index contributed by atoms with van der Waals surface area (Å²) < 4.78 is 12.9. The van der Waals surface area contributed by atoms with Gasteiger partial charge in [-0.25, -0.2) is 19.2 Å². The van der Waals surface area contributed by atoms with E-state index < -0.39 is 11.9 Å². The van der Waals surface area contributed by atoms with E-state index in [-0.39, 0.29) is 30.4 Å². The van der Waals surface area contributed by atoms with Crippen molar-refractivity contribution >= 4 is 17.8 Å². The summed E-state index contributed by atoms with van der Waals surface area (Å²) in [6.45, 7) is 0.463. The van der Waals surface area contributed by atoms with Gasteiger partial charge < -0.3 is 10.6 Å². The molecule has 0 spiro atoms. The van der Waals surface area contributed by atoms with Gasteiger partial charge in [0.25, 0.3) is 5.91 Å². The number of aromatic nitrogens is 2. The Bertz CT molecular complexity index is 1080. The molecule has 9 heteroatoms. The van der Waals surface area contributed by atoms with E-state index in [0.29, 0.717) is 5.56 Å². The SMILES string of the molecule is N#Cc1ccc(CNC(=O)c2cc(NC(=O)NCc3ccc(F)cc3)ncn2)cc1. The molecule has 0 aliphatic carbocycles. The maximum Gasteiger partial charge on any atom is 0.320 e. The molecule has 0 saturated carbocycles. The topological polar surface area (TPSA) is 120 Å². The lowest BCUT2D eigenvalue weighted by Crippen LogP contribution is -2.29. The van der Waals surface area contributed by atoms with E-state index in [4.69, 9.17) is 5.26 Å². The van der Waals surface area contributed by atoms with Crippen LogP contribution in [0.3, 0.4) is 0 Å². The maximum atomic E-state index is 12.9. The number of nitriles is 1. The van der Waals surface area contributed by atoms with E-state index in [0.717, 1.165) is 11.1 Å². The first-order valence-corrected chi connectivity index (χ1v) is 8.92. The molecule has 0 unspecified atom stereocenters. The summed E-state index contributed by atoms with van der Waals surface area (Å²) in [4.78, 5) is 32.2. The van der Waals surface area contributed by atoms with Crippen LogP contribution in [-0.2, 0) is 13.1 Å². The largest absolute Gasteiger partial charge is 0.347 e. The Morgan fingerprint density at radius 3 is 2.23 bits per heavy atom. The van der Waals surface area contributed by atoms with Crippen LogP contribution >= 0.6 is 0 Å². The van der Waals surface area contributed by atoms with Crippen molar-refractivity contribution in [2.24, 2.45) is 0 Å². The van der Waals surface area contributed by atoms with Crippen LogP contribution in [0.5, 0.6) is 0 Å². The van der Waals surface area contributed by atoms with Crippen molar-refractivity contribution in [3.8, 4) is 6.07 Å². The second-order valence-electron chi connectivity index (χ2n) is 6.21. The lowest BCUT2D eigenvalue weighted by atomic mass is 10.1. The number of nitrogens with zero attached hydrogens (tertiary/aromatic N) is 3. The van der Waals surface area contributed by atoms with E-state index in [2.05, 4.69) is 25.9 Å². The Morgan fingerprint density at radius 2 is 1.57 bits per heavy atom. The first-order valence-electron chi connectivity index (χ1n) is 8.92. The molecule has 0 aliphatic heterocycles. The smallest absolute Gasteiger partial charge is 0.320 e. The lowest BCUT2D eigenvalue weighted by molar-refractivity contribution is 0.0945. The zero-order valence-corrected chi connectivity index (χ0v) is 15.7. The number of halogens is 1. The molecule has 3 rings (SSSR count). The number of hydrogen-bond acceptors (Lipinski definition) is 5. The Labute approximate surface area is 171 Å². The van der Waals surface area contributed by atoms with Gasteiger partial charge in [-0.15, -0.1) is 0 Å². The van der Waals surface area contributed by atoms with Crippen molar-refractivity contribution in [1.82, 2.24) is 20.6 Å². The molecule has 2 aromatic carbocycles. The Balaban J connectivity index is 1.52. The fourth-order valence-corrected chi connectivity index (χ4v) is 2.46. The van der Waals surface area contributed by atoms with Gasteiger partial charge in [0.1, 0.15) is 23.7 Å². The van der Waals surface area contributed by atoms with Gasteiger partial charge in [0.2, 0.25) is 0 Å². The quantitative estimate of drug-likeness (QED) is 0.584. The summed E-state index contributed by atoms with van der Waals surface area (Å²) in [5.74, 6) is -0.629. The van der Waals surface area contributed by atoms with Gasteiger partial charge in [-0.05, 0) is 35.4 Å². The summed E-state index contributed by atoms with van der Waals surface area (Å²) in [6, 6.07) is 15.4. The summed E-state index contributed by atoms with van der Waals surface area (Å²) in [7, 11) is 0. The average Bonchev–Trinajstić information content (AvgIpc) is 2.77. The zero-order valence-electron chi connectivity index (χ0n) is 15.7. The number of hydrogen-bond donors (Lipinski definition) is 3. The van der Waals surface area contributed by atoms with Crippen LogP contribution in [0.25, 0.3) is 0 Å². The Hall–Kier alpha value is -4.32. The Kier molecular flexibility index (Phi) is 6.63. The number of amides is 3. The highest BCUT2D eigenvalue weighted by Gasteiger charge is 2.10. The molecule has 0 aliphatic rings. The van der Waals surface area contributed by atoms with Crippen LogP contribution in [0.4, 0.5) is 15.0 Å². The summed E-state index contributed by atoms with van der Waals surface area (Å²) in [5.41, 5.74) is 2.19. The van der Waals surface area contributed by atoms with Gasteiger partial charge in [-0.2, -0.15) is 5.26 Å². The summed E-state index contributed by atoms with van der Waals surface area (Å²) >= 11 is 0. The van der Waals surface area contributed by atoms with E-state index in [1.165, 1.54) is 24.5 Å². The third kappa shape index (κ3) is 5.84. The van der Waals surface area contributed by atoms with E-state index in [1.807, 2.05) is 6.07 Å². The number of nitrogens with one attached hydrogen (secondary N) is 3. The van der Waals surface area contributed by atoms with E-state index in [9.17, 15) is 14.0 Å². The molecule has 1 heterocycles. The third-order valence-electron chi connectivity index (χ3n) is 4.04. The van der Waals surface area contributed by atoms with Crippen LogP contribution in [0.1, 0.15) is 27.2 Å². The van der Waals surface area contributed by atoms with Crippen molar-refractivity contribution < 1.29 is 14.0 Å². The van der Waals surface area contributed by atoms with Gasteiger partial charge in [0.05, 0.1) is 11.6 Å². The Morgan fingerprint density at radius 1 is 0.933 bits per heavy atom. The normalized spacial score (nSPS) is 10.0. The second kappa shape index (κ2) is 9.75. The van der Waals surface area contributed by atoms with Crippen LogP contribution in [0.2, 0.25) is 0 Å². The highest BCUT2D eigenvalue weighted by Crippen LogP contribution is 2.07. The van der Waals surface area contributed by atoms with Crippen LogP contribution < -0.4 is 16.0 Å². The fourth-order valence-electron chi connectivity index (χ4n) is 2.46. The van der Waals surface area contributed by atoms with Crippen molar-refractivity contribution in [3.05, 3.63) is 89.1 Å². The molecular weight excluding hydrogens is 387 g/mol. The van der Waals surface area contributed by atoms with Crippen LogP contribution in [0.15, 0.2) is 60.9 Å². The van der Waals surface area contributed by atoms with Gasteiger partial charge in [-0.1, -0.05) is 24.3 Å². The maximum absolute atomic E-state index is 12.9. The predicted octanol–water partition coefficient (Wildman–Crippen LogP) is 2.74. The number of carbonyl (C=O) groups is 2. The minimum absolute atomic E-state index is 0.0903. The zero-order chi connectivity index (χ0) is 21.3. The molecule has 0 atom stereocenters. The van der Waals surface area contributed by atoms with Gasteiger partial charge in [-0.3, -0.25) is 10.1 Å². The number of rotatable bonds is 6. The highest BCUT2D eigenvalue weighted by molar-refractivity contribution is 5.94. The second-order valence-corrected chi connectivity index (χ2v) is 6.21. The number of benzene rings is 2. The average molecular weight is 404 g/mol. The van der Waals surface area contributed by atoms with Crippen molar-refractivity contribution in [3.63, 3.8) is 0 Å². The first kappa shape index (κ1) is 20.4. The van der Waals surface area contributed by atoms with Crippen LogP contribution in [-0.4, -0.2) is 21.9 Å². The van der Waals surface area contributed by atoms with E-state index in [1.54, 1.807) is 36.4 Å². The third-order valence-corrected chi connectivity index (χ3v) is 4.04. The van der Waals surface area contributed by atoms with Crippen molar-refractivity contribution in [2.45, 2.75) is 13.1 Å². The molecule has 150 valence electrons. The monoisotopic (exact) mass is 404 g/mol. The summed E-state index contributed by atoms with van der Waals surface area (Å²) in [5, 5.41) is 16.7. The molecule has 30 heavy (non-hydrogen) atoms. The standard InChI is InChI=1S/C21H17FN6O2/c22-17-7-5-16(6-8-17)12-25-21(30)28-19-9-18(26-13-27-19)20(29)24-11-15-3-1-14(10-23)2-4-15/h1-9,13H,11-12H2,(H,24,29)(H2,25,26,27,28,30). The van der Waals surface area contributed by atoms with Crippen LogP contribution in [0, 0.1) is 17.1 Å². The molecule has 1 aromatic heterocycles. The molecular formula is C21H17FN6O2. The first-order chi connectivity index (χ1) is 14.5. The molecule has 0 saturated heterocycles. The number of anilines is 1. The number of carbonyl (C=O) groups excluding carboxylic acids is 2. The minimum atomic E-state index is -0.526. The molecule has 3 aromatic rings.